The molecular weight excluding hydrogens is 434 g/mol. The van der Waals surface area contributed by atoms with E-state index in [9.17, 15) is 4.79 Å². The van der Waals surface area contributed by atoms with E-state index in [4.69, 9.17) is 21.1 Å². The number of thiazole rings is 1. The van der Waals surface area contributed by atoms with Crippen molar-refractivity contribution in [1.29, 1.82) is 0 Å². The third-order valence-corrected chi connectivity index (χ3v) is 5.41. The van der Waals surface area contributed by atoms with Crippen LogP contribution in [0.2, 0.25) is 5.02 Å². The van der Waals surface area contributed by atoms with Crippen LogP contribution in [0.5, 0.6) is 11.5 Å². The quantitative estimate of drug-likeness (QED) is 0.161. The first kappa shape index (κ1) is 20.8. The van der Waals surface area contributed by atoms with Gasteiger partial charge in [0.15, 0.2) is 11.5 Å². The van der Waals surface area contributed by atoms with Crippen molar-refractivity contribution >= 4 is 50.5 Å². The van der Waals surface area contributed by atoms with Crippen LogP contribution in [-0.4, -0.2) is 23.8 Å². The van der Waals surface area contributed by atoms with Gasteiger partial charge in [0.25, 0.3) is 0 Å². The van der Waals surface area contributed by atoms with Crippen molar-refractivity contribution in [1.82, 2.24) is 4.98 Å². The van der Waals surface area contributed by atoms with E-state index >= 15 is 0 Å². The van der Waals surface area contributed by atoms with Gasteiger partial charge in [0.05, 0.1) is 28.6 Å². The van der Waals surface area contributed by atoms with Crippen LogP contribution in [0, 0.1) is 0 Å². The number of ether oxygens (including phenoxy) is 2. The Kier molecular flexibility index (Phi) is 6.45. The molecule has 0 aliphatic heterocycles. The number of rotatable bonds is 7. The van der Waals surface area contributed by atoms with Crippen molar-refractivity contribution in [3.8, 4) is 11.5 Å². The van der Waals surface area contributed by atoms with Gasteiger partial charge < -0.3 is 9.47 Å². The molecule has 4 rings (SSSR count). The standard InChI is InChI=1S/C23H18ClN3O3S/c1-2-29-20-13-15(14-25-27-23-26-18-5-3-4-6-21(18)31-23)7-12-19(20)30-22(28)16-8-10-17(24)11-9-16/h3-14H,2H2,1H3,(H,26,27)/b25-14-. The van der Waals surface area contributed by atoms with Gasteiger partial charge in [-0.2, -0.15) is 5.10 Å². The maximum atomic E-state index is 12.4. The van der Waals surface area contributed by atoms with Crippen LogP contribution >= 0.6 is 22.9 Å². The Morgan fingerprint density at radius 2 is 1.94 bits per heavy atom. The van der Waals surface area contributed by atoms with Crippen molar-refractivity contribution in [2.24, 2.45) is 5.10 Å². The summed E-state index contributed by atoms with van der Waals surface area (Å²) in [4.78, 5) is 16.9. The summed E-state index contributed by atoms with van der Waals surface area (Å²) in [5.74, 6) is 0.295. The first-order valence-electron chi connectivity index (χ1n) is 9.51. The number of hydrazone groups is 1. The number of carbonyl (C=O) groups excluding carboxylic acids is 1. The Labute approximate surface area is 188 Å². The van der Waals surface area contributed by atoms with E-state index in [1.165, 1.54) is 11.3 Å². The number of aromatic nitrogens is 1. The number of anilines is 1. The van der Waals surface area contributed by atoms with Crippen LogP contribution < -0.4 is 14.9 Å². The van der Waals surface area contributed by atoms with Gasteiger partial charge in [-0.15, -0.1) is 0 Å². The number of halogens is 1. The molecule has 0 aliphatic carbocycles. The highest BCUT2D eigenvalue weighted by molar-refractivity contribution is 7.22. The summed E-state index contributed by atoms with van der Waals surface area (Å²) in [7, 11) is 0. The fourth-order valence-corrected chi connectivity index (χ4v) is 3.73. The minimum absolute atomic E-state index is 0.332. The summed E-state index contributed by atoms with van der Waals surface area (Å²) in [6.07, 6.45) is 1.65. The highest BCUT2D eigenvalue weighted by atomic mass is 35.5. The van der Waals surface area contributed by atoms with Crippen molar-refractivity contribution in [3.05, 3.63) is 82.9 Å². The van der Waals surface area contributed by atoms with Crippen LogP contribution in [0.25, 0.3) is 10.2 Å². The molecule has 31 heavy (non-hydrogen) atoms. The van der Waals surface area contributed by atoms with Crippen molar-refractivity contribution in [2.75, 3.05) is 12.0 Å². The van der Waals surface area contributed by atoms with Gasteiger partial charge in [0.2, 0.25) is 5.13 Å². The first-order valence-corrected chi connectivity index (χ1v) is 10.7. The highest BCUT2D eigenvalue weighted by Gasteiger charge is 2.13. The molecule has 0 spiro atoms. The zero-order chi connectivity index (χ0) is 21.6. The second-order valence-electron chi connectivity index (χ2n) is 6.39. The van der Waals surface area contributed by atoms with Crippen molar-refractivity contribution in [2.45, 2.75) is 6.92 Å². The third-order valence-electron chi connectivity index (χ3n) is 4.22. The zero-order valence-electron chi connectivity index (χ0n) is 16.5. The summed E-state index contributed by atoms with van der Waals surface area (Å²) in [6, 6.07) is 19.6. The highest BCUT2D eigenvalue weighted by Crippen LogP contribution is 2.29. The van der Waals surface area contributed by atoms with Crippen LogP contribution in [0.15, 0.2) is 71.8 Å². The molecule has 4 aromatic rings. The van der Waals surface area contributed by atoms with E-state index in [1.54, 1.807) is 48.7 Å². The lowest BCUT2D eigenvalue weighted by atomic mass is 10.2. The Morgan fingerprint density at radius 3 is 2.71 bits per heavy atom. The number of benzene rings is 3. The topological polar surface area (TPSA) is 72.8 Å². The van der Waals surface area contributed by atoms with Gasteiger partial charge in [-0.25, -0.2) is 9.78 Å². The van der Waals surface area contributed by atoms with Gasteiger partial charge in [0.1, 0.15) is 0 Å². The molecular formula is C23H18ClN3O3S. The second kappa shape index (κ2) is 9.59. The molecule has 3 aromatic carbocycles. The molecule has 0 unspecified atom stereocenters. The fourth-order valence-electron chi connectivity index (χ4n) is 2.78. The van der Waals surface area contributed by atoms with Crippen molar-refractivity contribution < 1.29 is 14.3 Å². The number of hydrogen-bond donors (Lipinski definition) is 1. The minimum atomic E-state index is -0.489. The van der Waals surface area contributed by atoms with Gasteiger partial charge >= 0.3 is 5.97 Å². The van der Waals surface area contributed by atoms with Gasteiger partial charge in [-0.3, -0.25) is 5.43 Å². The van der Waals surface area contributed by atoms with Crippen LogP contribution in [0.4, 0.5) is 5.13 Å². The molecule has 156 valence electrons. The first-order chi connectivity index (χ1) is 15.1. The molecule has 0 atom stereocenters. The molecule has 0 fully saturated rings. The largest absolute Gasteiger partial charge is 0.490 e. The van der Waals surface area contributed by atoms with Gasteiger partial charge in [-0.1, -0.05) is 35.1 Å². The number of fused-ring (bicyclic) bond motifs is 1. The molecule has 0 radical (unpaired) electrons. The monoisotopic (exact) mass is 451 g/mol. The summed E-state index contributed by atoms with van der Waals surface area (Å²) in [5.41, 5.74) is 5.05. The number of hydrogen-bond acceptors (Lipinski definition) is 7. The second-order valence-corrected chi connectivity index (χ2v) is 7.86. The van der Waals surface area contributed by atoms with Crippen molar-refractivity contribution in [3.63, 3.8) is 0 Å². The Bertz CT molecular complexity index is 1210. The molecule has 0 aliphatic rings. The van der Waals surface area contributed by atoms with E-state index in [1.807, 2.05) is 31.2 Å². The SMILES string of the molecule is CCOc1cc(/C=N\Nc2nc3ccccc3s2)ccc1OC(=O)c1ccc(Cl)cc1. The Balaban J connectivity index is 1.47. The minimum Gasteiger partial charge on any atom is -0.490 e. The summed E-state index contributed by atoms with van der Waals surface area (Å²) in [5, 5.41) is 5.51. The Morgan fingerprint density at radius 1 is 1.13 bits per heavy atom. The number of nitrogens with one attached hydrogen (secondary N) is 1. The van der Waals surface area contributed by atoms with E-state index in [0.29, 0.717) is 33.8 Å². The average molecular weight is 452 g/mol. The molecule has 1 heterocycles. The summed E-state index contributed by atoms with van der Waals surface area (Å²) < 4.78 is 12.2. The predicted octanol–water partition coefficient (Wildman–Crippen LogP) is 6.01. The predicted molar refractivity (Wildman–Crippen MR) is 125 cm³/mol. The number of esters is 1. The lowest BCUT2D eigenvalue weighted by molar-refractivity contribution is 0.0728. The van der Waals surface area contributed by atoms with Crippen LogP contribution in [0.1, 0.15) is 22.8 Å². The molecule has 6 nitrogen and oxygen atoms in total. The van der Waals surface area contributed by atoms with E-state index in [0.717, 1.165) is 15.8 Å². The van der Waals surface area contributed by atoms with E-state index in [2.05, 4.69) is 15.5 Å². The summed E-state index contributed by atoms with van der Waals surface area (Å²) >= 11 is 7.39. The lowest BCUT2D eigenvalue weighted by Crippen LogP contribution is -2.09. The van der Waals surface area contributed by atoms with E-state index in [-0.39, 0.29) is 0 Å². The average Bonchev–Trinajstić information content (AvgIpc) is 3.19. The molecule has 1 N–H and O–H groups in total. The molecule has 0 bridgehead atoms. The van der Waals surface area contributed by atoms with E-state index < -0.39 is 5.97 Å². The number of nitrogens with zero attached hydrogens (tertiary/aromatic N) is 2. The maximum absolute atomic E-state index is 12.4. The Hall–Kier alpha value is -3.42. The van der Waals surface area contributed by atoms with Crippen LogP contribution in [-0.2, 0) is 0 Å². The zero-order valence-corrected chi connectivity index (χ0v) is 18.1. The van der Waals surface area contributed by atoms with Gasteiger partial charge in [-0.05, 0) is 67.1 Å². The lowest BCUT2D eigenvalue weighted by Gasteiger charge is -2.11. The molecule has 0 amide bonds. The molecule has 0 saturated heterocycles. The maximum Gasteiger partial charge on any atom is 0.343 e. The third kappa shape index (κ3) is 5.20. The normalized spacial score (nSPS) is 11.0. The van der Waals surface area contributed by atoms with Gasteiger partial charge in [0, 0.05) is 5.02 Å². The number of para-hydroxylation sites is 1. The summed E-state index contributed by atoms with van der Waals surface area (Å²) in [6.45, 7) is 2.29. The number of carbonyl (C=O) groups is 1. The molecule has 1 aromatic heterocycles. The van der Waals surface area contributed by atoms with Crippen LogP contribution in [0.3, 0.4) is 0 Å². The molecule has 8 heteroatoms. The smallest absolute Gasteiger partial charge is 0.343 e. The molecule has 0 saturated carbocycles. The fraction of sp³-hybridized carbons (Fsp3) is 0.0870.